The van der Waals surface area contributed by atoms with Crippen LogP contribution in [-0.2, 0) is 0 Å². The number of hydrogen-bond acceptors (Lipinski definition) is 9. The van der Waals surface area contributed by atoms with Gasteiger partial charge in [-0.15, -0.1) is 0 Å². The Morgan fingerprint density at radius 3 is 1.93 bits per heavy atom. The lowest BCUT2D eigenvalue weighted by molar-refractivity contribution is 0.0979. The third-order valence-corrected chi connectivity index (χ3v) is 4.66. The summed E-state index contributed by atoms with van der Waals surface area (Å²) in [5, 5.41) is 26.0. The second-order valence-corrected chi connectivity index (χ2v) is 7.02. The molecule has 9 heteroatoms. The summed E-state index contributed by atoms with van der Waals surface area (Å²) in [4.78, 5) is 28.4. The van der Waals surface area contributed by atoms with Crippen LogP contribution in [0.25, 0.3) is 0 Å². The Bertz CT molecular complexity index is 900. The molecule has 1 aromatic heterocycles. The van der Waals surface area contributed by atoms with Crippen LogP contribution in [0.15, 0.2) is 24.5 Å². The second-order valence-electron chi connectivity index (χ2n) is 7.02. The summed E-state index contributed by atoms with van der Waals surface area (Å²) in [5.74, 6) is -0.481. The summed E-state index contributed by atoms with van der Waals surface area (Å²) in [6.07, 6.45) is 2.69. The van der Waals surface area contributed by atoms with Gasteiger partial charge in [0.05, 0.1) is 41.3 Å². The molecule has 0 fully saturated rings. The highest BCUT2D eigenvalue weighted by Gasteiger charge is 2.34. The Morgan fingerprint density at radius 1 is 0.862 bits per heavy atom. The van der Waals surface area contributed by atoms with E-state index in [-0.39, 0.29) is 29.3 Å². The first-order valence-corrected chi connectivity index (χ1v) is 9.55. The number of hydrogen-bond donors (Lipinski definition) is 4. The van der Waals surface area contributed by atoms with Crippen molar-refractivity contribution in [2.45, 2.75) is 0 Å². The van der Waals surface area contributed by atoms with E-state index in [1.165, 1.54) is 12.4 Å². The quantitative estimate of drug-likeness (QED) is 0.356. The summed E-state index contributed by atoms with van der Waals surface area (Å²) < 4.78 is 0. The molecular formula is C20H26N6O3. The SMILES string of the molecule is CN(C)CCNc1ccc(NCCNCCO)c2c1C(=O)c1cnncc1C2=O. The number of aliphatic hydroxyl groups excluding tert-OH is 1. The third-order valence-electron chi connectivity index (χ3n) is 4.66. The summed E-state index contributed by atoms with van der Waals surface area (Å²) in [6.45, 7) is 3.15. The third kappa shape index (κ3) is 4.58. The van der Waals surface area contributed by atoms with Crippen LogP contribution in [0.3, 0.4) is 0 Å². The van der Waals surface area contributed by atoms with Crippen molar-refractivity contribution in [3.8, 4) is 0 Å². The fourth-order valence-corrected chi connectivity index (χ4v) is 3.23. The topological polar surface area (TPSA) is 119 Å². The molecule has 154 valence electrons. The van der Waals surface area contributed by atoms with Crippen LogP contribution in [0.2, 0.25) is 0 Å². The minimum Gasteiger partial charge on any atom is -0.395 e. The first-order chi connectivity index (χ1) is 14.0. The lowest BCUT2D eigenvalue weighted by Crippen LogP contribution is -2.28. The number of benzene rings is 1. The number of aromatic nitrogens is 2. The van der Waals surface area contributed by atoms with Crippen molar-refractivity contribution in [1.29, 1.82) is 0 Å². The molecule has 0 atom stereocenters. The van der Waals surface area contributed by atoms with Crippen LogP contribution in [-0.4, -0.2) is 85.2 Å². The molecule has 0 bridgehead atoms. The highest BCUT2D eigenvalue weighted by Crippen LogP contribution is 2.35. The summed E-state index contributed by atoms with van der Waals surface area (Å²) in [7, 11) is 3.94. The van der Waals surface area contributed by atoms with E-state index in [4.69, 9.17) is 5.11 Å². The molecule has 1 heterocycles. The second kappa shape index (κ2) is 9.55. The molecule has 1 aliphatic rings. The van der Waals surface area contributed by atoms with Gasteiger partial charge in [0.2, 0.25) is 0 Å². The van der Waals surface area contributed by atoms with Gasteiger partial charge in [-0.3, -0.25) is 9.59 Å². The fraction of sp³-hybridized carbons (Fsp3) is 0.400. The smallest absolute Gasteiger partial charge is 0.198 e. The molecule has 9 nitrogen and oxygen atoms in total. The van der Waals surface area contributed by atoms with Crippen LogP contribution in [0.5, 0.6) is 0 Å². The molecule has 0 radical (unpaired) electrons. The van der Waals surface area contributed by atoms with Gasteiger partial charge in [0, 0.05) is 44.1 Å². The van der Waals surface area contributed by atoms with Gasteiger partial charge in [0.1, 0.15) is 0 Å². The monoisotopic (exact) mass is 398 g/mol. The molecule has 0 saturated carbocycles. The zero-order valence-corrected chi connectivity index (χ0v) is 16.7. The van der Waals surface area contributed by atoms with E-state index in [0.29, 0.717) is 48.7 Å². The average Bonchev–Trinajstić information content (AvgIpc) is 2.72. The minimum absolute atomic E-state index is 0.0630. The molecule has 0 aliphatic heterocycles. The molecule has 4 N–H and O–H groups in total. The standard InChI is InChI=1S/C20H26N6O3/c1-26(2)9-7-23-16-4-3-15(22-6-5-21-8-10-27)17-18(16)20(29)14-12-25-24-11-13(14)19(17)28/h3-4,11-12,21-23,27H,5-10H2,1-2H3. The highest BCUT2D eigenvalue weighted by atomic mass is 16.3. The number of fused-ring (bicyclic) bond motifs is 2. The maximum absolute atomic E-state index is 13.2. The lowest BCUT2D eigenvalue weighted by Gasteiger charge is -2.23. The van der Waals surface area contributed by atoms with Crippen LogP contribution < -0.4 is 16.0 Å². The van der Waals surface area contributed by atoms with Gasteiger partial charge < -0.3 is 26.0 Å². The molecule has 0 unspecified atom stereocenters. The van der Waals surface area contributed by atoms with Crippen molar-refractivity contribution in [3.05, 3.63) is 46.8 Å². The molecule has 29 heavy (non-hydrogen) atoms. The van der Waals surface area contributed by atoms with Gasteiger partial charge in [0.15, 0.2) is 11.6 Å². The van der Waals surface area contributed by atoms with Gasteiger partial charge in [-0.2, -0.15) is 10.2 Å². The normalized spacial score (nSPS) is 12.7. The number of aliphatic hydroxyl groups is 1. The van der Waals surface area contributed by atoms with Crippen molar-refractivity contribution < 1.29 is 14.7 Å². The minimum atomic E-state index is -0.244. The van der Waals surface area contributed by atoms with Crippen molar-refractivity contribution in [2.24, 2.45) is 0 Å². The van der Waals surface area contributed by atoms with Gasteiger partial charge in [-0.25, -0.2) is 0 Å². The van der Waals surface area contributed by atoms with E-state index in [0.717, 1.165) is 6.54 Å². The Kier molecular flexibility index (Phi) is 6.86. The highest BCUT2D eigenvalue weighted by molar-refractivity contribution is 6.31. The molecule has 3 rings (SSSR count). The average molecular weight is 398 g/mol. The Balaban J connectivity index is 1.94. The van der Waals surface area contributed by atoms with E-state index in [1.807, 2.05) is 31.1 Å². The first-order valence-electron chi connectivity index (χ1n) is 9.55. The predicted octanol–water partition coefficient (Wildman–Crippen LogP) is 0.219. The van der Waals surface area contributed by atoms with Crippen molar-refractivity contribution in [3.63, 3.8) is 0 Å². The van der Waals surface area contributed by atoms with Crippen molar-refractivity contribution in [2.75, 3.05) is 64.1 Å². The number of ketones is 2. The first kappa shape index (κ1) is 20.8. The maximum atomic E-state index is 13.2. The Hall–Kier alpha value is -2.88. The van der Waals surface area contributed by atoms with E-state index in [2.05, 4.69) is 26.1 Å². The zero-order valence-electron chi connectivity index (χ0n) is 16.7. The Labute approximate surface area is 169 Å². The molecule has 0 spiro atoms. The van der Waals surface area contributed by atoms with E-state index in [1.54, 1.807) is 0 Å². The summed E-state index contributed by atoms with van der Waals surface area (Å²) in [5.41, 5.74) is 2.49. The van der Waals surface area contributed by atoms with Crippen LogP contribution in [0.4, 0.5) is 11.4 Å². The lowest BCUT2D eigenvalue weighted by atomic mass is 9.83. The van der Waals surface area contributed by atoms with Crippen LogP contribution in [0.1, 0.15) is 31.8 Å². The molecular weight excluding hydrogens is 372 g/mol. The van der Waals surface area contributed by atoms with Gasteiger partial charge in [-0.1, -0.05) is 0 Å². The maximum Gasteiger partial charge on any atom is 0.198 e. The number of carbonyl (C=O) groups excluding carboxylic acids is 2. The van der Waals surface area contributed by atoms with Crippen molar-refractivity contribution in [1.82, 2.24) is 20.4 Å². The zero-order chi connectivity index (χ0) is 20.8. The molecule has 0 saturated heterocycles. The number of nitrogens with one attached hydrogen (secondary N) is 3. The van der Waals surface area contributed by atoms with Gasteiger partial charge in [-0.05, 0) is 26.2 Å². The number of nitrogens with zero attached hydrogens (tertiary/aromatic N) is 3. The predicted molar refractivity (Wildman–Crippen MR) is 111 cm³/mol. The van der Waals surface area contributed by atoms with Crippen molar-refractivity contribution >= 4 is 22.9 Å². The van der Waals surface area contributed by atoms with Gasteiger partial charge >= 0.3 is 0 Å². The molecule has 1 aliphatic carbocycles. The number of likely N-dealkylation sites (N-methyl/N-ethyl adjacent to an activating group) is 1. The van der Waals surface area contributed by atoms with E-state index < -0.39 is 0 Å². The van der Waals surface area contributed by atoms with E-state index >= 15 is 0 Å². The Morgan fingerprint density at radius 2 is 1.41 bits per heavy atom. The largest absolute Gasteiger partial charge is 0.395 e. The summed E-state index contributed by atoms with van der Waals surface area (Å²) >= 11 is 0. The molecule has 2 aromatic rings. The van der Waals surface area contributed by atoms with Crippen LogP contribution >= 0.6 is 0 Å². The molecule has 1 aromatic carbocycles. The molecule has 0 amide bonds. The number of carbonyl (C=O) groups is 2. The van der Waals surface area contributed by atoms with E-state index in [9.17, 15) is 9.59 Å². The number of rotatable bonds is 10. The van der Waals surface area contributed by atoms with Crippen LogP contribution in [0, 0.1) is 0 Å². The fourth-order valence-electron chi connectivity index (χ4n) is 3.23. The number of anilines is 2. The summed E-state index contributed by atoms with van der Waals surface area (Å²) in [6, 6.07) is 3.64. The van der Waals surface area contributed by atoms with Gasteiger partial charge in [0.25, 0.3) is 0 Å².